The Morgan fingerprint density at radius 1 is 1.30 bits per heavy atom. The van der Waals surface area contributed by atoms with Gasteiger partial charge in [-0.05, 0) is 30.5 Å². The van der Waals surface area contributed by atoms with Crippen molar-refractivity contribution in [2.45, 2.75) is 39.7 Å². The minimum absolute atomic E-state index is 0.0742. The van der Waals surface area contributed by atoms with Crippen LogP contribution in [0, 0.1) is 12.8 Å². The van der Waals surface area contributed by atoms with Crippen LogP contribution in [-0.4, -0.2) is 28.9 Å². The van der Waals surface area contributed by atoms with Crippen molar-refractivity contribution in [3.8, 4) is 5.75 Å². The van der Waals surface area contributed by atoms with E-state index in [1.54, 1.807) is 6.92 Å². The first-order valence-corrected chi connectivity index (χ1v) is 9.15. The van der Waals surface area contributed by atoms with E-state index in [2.05, 4.69) is 28.9 Å². The van der Waals surface area contributed by atoms with Gasteiger partial charge >= 0.3 is 6.36 Å². The number of hydrogen-bond acceptors (Lipinski definition) is 5. The number of aliphatic hydroxyl groups excluding tert-OH is 1. The SMILES string of the molecule is Cc1nc(CC(C)C)sc1C(=O)NCC(O)c1ccc(OC(F)(F)F)cc1. The molecular weight excluding hydrogens is 381 g/mol. The normalized spacial score (nSPS) is 12.9. The lowest BCUT2D eigenvalue weighted by molar-refractivity contribution is -0.274. The van der Waals surface area contributed by atoms with Crippen molar-refractivity contribution in [3.05, 3.63) is 45.4 Å². The van der Waals surface area contributed by atoms with E-state index >= 15 is 0 Å². The molecule has 1 unspecified atom stereocenters. The number of carbonyl (C=O) groups excluding carboxylic acids is 1. The maximum atomic E-state index is 12.3. The molecule has 0 aliphatic heterocycles. The van der Waals surface area contributed by atoms with E-state index in [0.717, 1.165) is 23.6 Å². The van der Waals surface area contributed by atoms with Gasteiger partial charge in [0.25, 0.3) is 5.91 Å². The summed E-state index contributed by atoms with van der Waals surface area (Å²) in [5.41, 5.74) is 1.00. The van der Waals surface area contributed by atoms with Crippen LogP contribution in [0.3, 0.4) is 0 Å². The highest BCUT2D eigenvalue weighted by Gasteiger charge is 2.31. The van der Waals surface area contributed by atoms with Gasteiger partial charge in [-0.15, -0.1) is 24.5 Å². The number of aryl methyl sites for hydroxylation is 1. The second-order valence-electron chi connectivity index (χ2n) is 6.46. The van der Waals surface area contributed by atoms with E-state index in [-0.39, 0.29) is 18.2 Å². The van der Waals surface area contributed by atoms with E-state index in [0.29, 0.717) is 22.1 Å². The standard InChI is InChI=1S/C18H21F3N2O3S/c1-10(2)8-15-23-11(3)16(27-15)17(25)22-9-14(24)12-4-6-13(7-5-12)26-18(19,20)21/h4-7,10,14,24H,8-9H2,1-3H3,(H,22,25). The summed E-state index contributed by atoms with van der Waals surface area (Å²) >= 11 is 1.32. The largest absolute Gasteiger partial charge is 0.573 e. The van der Waals surface area contributed by atoms with Crippen LogP contribution < -0.4 is 10.1 Å². The van der Waals surface area contributed by atoms with Crippen LogP contribution in [0.1, 0.15) is 45.9 Å². The number of ether oxygens (including phenoxy) is 1. The zero-order valence-corrected chi connectivity index (χ0v) is 15.9. The van der Waals surface area contributed by atoms with Crippen molar-refractivity contribution in [3.63, 3.8) is 0 Å². The summed E-state index contributed by atoms with van der Waals surface area (Å²) in [5.74, 6) is -0.283. The number of amides is 1. The van der Waals surface area contributed by atoms with Crippen molar-refractivity contribution >= 4 is 17.2 Å². The van der Waals surface area contributed by atoms with Gasteiger partial charge in [-0.25, -0.2) is 4.98 Å². The highest BCUT2D eigenvalue weighted by Crippen LogP contribution is 2.25. The summed E-state index contributed by atoms with van der Waals surface area (Å²) in [6.45, 7) is 5.82. The van der Waals surface area contributed by atoms with E-state index in [1.807, 2.05) is 0 Å². The number of rotatable bonds is 7. The molecule has 9 heteroatoms. The summed E-state index contributed by atoms with van der Waals surface area (Å²) in [6.07, 6.45) is -5.04. The lowest BCUT2D eigenvalue weighted by Gasteiger charge is -2.13. The van der Waals surface area contributed by atoms with Gasteiger partial charge in [-0.3, -0.25) is 4.79 Å². The van der Waals surface area contributed by atoms with Crippen molar-refractivity contribution in [1.29, 1.82) is 0 Å². The van der Waals surface area contributed by atoms with Crippen LogP contribution in [0.4, 0.5) is 13.2 Å². The van der Waals surface area contributed by atoms with E-state index < -0.39 is 12.5 Å². The topological polar surface area (TPSA) is 71.5 Å². The molecule has 0 spiro atoms. The molecule has 1 amide bonds. The van der Waals surface area contributed by atoms with E-state index in [1.165, 1.54) is 23.5 Å². The number of aliphatic hydroxyl groups is 1. The molecule has 2 N–H and O–H groups in total. The third-order valence-corrected chi connectivity index (χ3v) is 4.76. The number of nitrogens with zero attached hydrogens (tertiary/aromatic N) is 1. The molecule has 5 nitrogen and oxygen atoms in total. The van der Waals surface area contributed by atoms with Gasteiger partial charge < -0.3 is 15.2 Å². The summed E-state index contributed by atoms with van der Waals surface area (Å²) in [6, 6.07) is 4.85. The number of halogens is 3. The van der Waals surface area contributed by atoms with Crippen molar-refractivity contribution < 1.29 is 27.8 Å². The smallest absolute Gasteiger partial charge is 0.406 e. The number of carbonyl (C=O) groups is 1. The molecule has 0 bridgehead atoms. The van der Waals surface area contributed by atoms with Gasteiger partial charge in [0.2, 0.25) is 0 Å². The quantitative estimate of drug-likeness (QED) is 0.734. The fraction of sp³-hybridized carbons (Fsp3) is 0.444. The van der Waals surface area contributed by atoms with Crippen molar-refractivity contribution in [1.82, 2.24) is 10.3 Å². The molecule has 1 aromatic heterocycles. The number of aromatic nitrogens is 1. The Bertz CT molecular complexity index is 773. The van der Waals surface area contributed by atoms with Gasteiger partial charge in [0.15, 0.2) is 0 Å². The third-order valence-electron chi connectivity index (χ3n) is 3.58. The molecule has 0 fully saturated rings. The van der Waals surface area contributed by atoms with Crippen LogP contribution in [-0.2, 0) is 6.42 Å². The molecule has 0 aliphatic carbocycles. The maximum Gasteiger partial charge on any atom is 0.573 e. The van der Waals surface area contributed by atoms with Gasteiger partial charge in [0.1, 0.15) is 10.6 Å². The first-order valence-electron chi connectivity index (χ1n) is 8.33. The Morgan fingerprint density at radius 3 is 2.48 bits per heavy atom. The minimum atomic E-state index is -4.77. The van der Waals surface area contributed by atoms with Gasteiger partial charge in [0.05, 0.1) is 16.8 Å². The summed E-state index contributed by atoms with van der Waals surface area (Å²) in [7, 11) is 0. The lowest BCUT2D eigenvalue weighted by atomic mass is 10.1. The highest BCUT2D eigenvalue weighted by atomic mass is 32.1. The number of alkyl halides is 3. The highest BCUT2D eigenvalue weighted by molar-refractivity contribution is 7.13. The van der Waals surface area contributed by atoms with E-state index in [9.17, 15) is 23.1 Å². The lowest BCUT2D eigenvalue weighted by Crippen LogP contribution is -2.28. The predicted octanol–water partition coefficient (Wildman–Crippen LogP) is 4.01. The first-order chi connectivity index (χ1) is 12.5. The van der Waals surface area contributed by atoms with Crippen LogP contribution in [0.5, 0.6) is 5.75 Å². The molecule has 0 saturated heterocycles. The maximum absolute atomic E-state index is 12.3. The second-order valence-corrected chi connectivity index (χ2v) is 7.55. The zero-order chi connectivity index (χ0) is 20.2. The molecule has 0 saturated carbocycles. The molecule has 2 aromatic rings. The second kappa shape index (κ2) is 8.71. The summed E-state index contributed by atoms with van der Waals surface area (Å²) in [5, 5.41) is 13.7. The van der Waals surface area contributed by atoms with Crippen LogP contribution in [0.2, 0.25) is 0 Å². The Labute approximate surface area is 159 Å². The van der Waals surface area contributed by atoms with Gasteiger partial charge in [-0.2, -0.15) is 0 Å². The number of nitrogens with one attached hydrogen (secondary N) is 1. The van der Waals surface area contributed by atoms with Crippen LogP contribution in [0.15, 0.2) is 24.3 Å². The summed E-state index contributed by atoms with van der Waals surface area (Å²) in [4.78, 5) is 17.2. The molecular formula is C18H21F3N2O3S. The van der Waals surface area contributed by atoms with Crippen LogP contribution >= 0.6 is 11.3 Å². The van der Waals surface area contributed by atoms with Crippen LogP contribution in [0.25, 0.3) is 0 Å². The minimum Gasteiger partial charge on any atom is -0.406 e. The third kappa shape index (κ3) is 6.51. The Morgan fingerprint density at radius 2 is 1.93 bits per heavy atom. The fourth-order valence-electron chi connectivity index (χ4n) is 2.38. The number of hydrogen-bond donors (Lipinski definition) is 2. The molecule has 148 valence electrons. The monoisotopic (exact) mass is 402 g/mol. The molecule has 1 aromatic carbocycles. The van der Waals surface area contributed by atoms with E-state index in [4.69, 9.17) is 0 Å². The van der Waals surface area contributed by atoms with Crippen molar-refractivity contribution in [2.24, 2.45) is 5.92 Å². The fourth-order valence-corrected chi connectivity index (χ4v) is 3.57. The molecule has 1 heterocycles. The molecule has 0 aliphatic rings. The van der Waals surface area contributed by atoms with Gasteiger partial charge in [-0.1, -0.05) is 26.0 Å². The summed E-state index contributed by atoms with van der Waals surface area (Å²) < 4.78 is 40.2. The van der Waals surface area contributed by atoms with Crippen molar-refractivity contribution in [2.75, 3.05) is 6.54 Å². The molecule has 1 atom stereocenters. The predicted molar refractivity (Wildman–Crippen MR) is 95.8 cm³/mol. The Kier molecular flexibility index (Phi) is 6.83. The number of benzene rings is 1. The zero-order valence-electron chi connectivity index (χ0n) is 15.1. The average Bonchev–Trinajstić information content (AvgIpc) is 2.91. The Hall–Kier alpha value is -2.13. The average molecular weight is 402 g/mol. The first kappa shape index (κ1) is 21.2. The Balaban J connectivity index is 1.94. The van der Waals surface area contributed by atoms with Gasteiger partial charge in [0, 0.05) is 13.0 Å². The number of thiazole rings is 1. The molecule has 2 rings (SSSR count). The molecule has 0 radical (unpaired) electrons. The molecule has 27 heavy (non-hydrogen) atoms.